The van der Waals surface area contributed by atoms with Gasteiger partial charge in [-0.3, -0.25) is 20.5 Å². The summed E-state index contributed by atoms with van der Waals surface area (Å²) in [4.78, 5) is 25.6. The molecule has 1 aromatic carbocycles. The quantitative estimate of drug-likeness (QED) is 0.484. The van der Waals surface area contributed by atoms with Crippen LogP contribution in [-0.4, -0.2) is 14.5 Å². The van der Waals surface area contributed by atoms with Crippen molar-refractivity contribution in [1.82, 2.24) is 9.55 Å². The summed E-state index contributed by atoms with van der Waals surface area (Å²) in [7, 11) is 0. The van der Waals surface area contributed by atoms with Crippen LogP contribution in [0.15, 0.2) is 35.4 Å². The minimum atomic E-state index is -0.528. The van der Waals surface area contributed by atoms with Crippen LogP contribution < -0.4 is 17.0 Å². The van der Waals surface area contributed by atoms with Gasteiger partial charge in [0.2, 0.25) is 0 Å². The third-order valence-corrected chi connectivity index (χ3v) is 2.75. The minimum absolute atomic E-state index is 0.119. The number of hydrazine groups is 1. The average molecular weight is 275 g/mol. The highest BCUT2D eigenvalue weighted by atomic mass is 16.6. The fraction of sp³-hybridized carbons (Fsp3) is 0.167. The molecular weight excluding hydrogens is 262 g/mol. The van der Waals surface area contributed by atoms with E-state index in [2.05, 4.69) is 10.4 Å². The van der Waals surface area contributed by atoms with Crippen LogP contribution in [0.3, 0.4) is 0 Å². The molecule has 0 bridgehead atoms. The Morgan fingerprint density at radius 2 is 2.25 bits per heavy atom. The molecule has 0 fully saturated rings. The van der Waals surface area contributed by atoms with Crippen molar-refractivity contribution < 1.29 is 4.92 Å². The molecule has 104 valence electrons. The van der Waals surface area contributed by atoms with Gasteiger partial charge in [0.15, 0.2) is 0 Å². The number of hydrogen-bond donors (Lipinski definition) is 2. The zero-order valence-electron chi connectivity index (χ0n) is 10.7. The van der Waals surface area contributed by atoms with Gasteiger partial charge < -0.3 is 5.43 Å². The number of nitrogens with one attached hydrogen (secondary N) is 1. The van der Waals surface area contributed by atoms with Crippen molar-refractivity contribution >= 4 is 11.4 Å². The molecule has 0 aliphatic rings. The number of nitrogen functional groups attached to an aromatic ring is 1. The number of nitrogens with two attached hydrogens (primary N) is 1. The molecule has 0 saturated carbocycles. The molecule has 0 atom stereocenters. The van der Waals surface area contributed by atoms with Crippen molar-refractivity contribution in [3.63, 3.8) is 0 Å². The summed E-state index contributed by atoms with van der Waals surface area (Å²) in [6, 6.07) is 4.46. The summed E-state index contributed by atoms with van der Waals surface area (Å²) < 4.78 is 1.43. The van der Waals surface area contributed by atoms with Crippen LogP contribution in [0.4, 0.5) is 11.4 Å². The zero-order chi connectivity index (χ0) is 14.7. The lowest BCUT2D eigenvalue weighted by Crippen LogP contribution is -2.23. The van der Waals surface area contributed by atoms with Gasteiger partial charge in [-0.05, 0) is 24.1 Å². The Morgan fingerprint density at radius 1 is 1.50 bits per heavy atom. The Bertz CT molecular complexity index is 710. The van der Waals surface area contributed by atoms with Gasteiger partial charge in [0.05, 0.1) is 11.5 Å². The zero-order valence-corrected chi connectivity index (χ0v) is 10.7. The second-order valence-electron chi connectivity index (χ2n) is 4.29. The highest BCUT2D eigenvalue weighted by Crippen LogP contribution is 2.24. The number of aryl methyl sites for hydroxylation is 1. The third kappa shape index (κ3) is 2.81. The maximum atomic E-state index is 11.6. The molecule has 1 heterocycles. The number of nitro groups is 1. The number of anilines is 1. The molecule has 2 aromatic rings. The van der Waals surface area contributed by atoms with E-state index in [4.69, 9.17) is 5.84 Å². The molecule has 0 aliphatic carbocycles. The van der Waals surface area contributed by atoms with Gasteiger partial charge in [-0.15, -0.1) is 0 Å². The lowest BCUT2D eigenvalue weighted by atomic mass is 10.1. The van der Waals surface area contributed by atoms with Crippen molar-refractivity contribution in [1.29, 1.82) is 0 Å². The van der Waals surface area contributed by atoms with Gasteiger partial charge in [-0.2, -0.15) is 0 Å². The first kappa shape index (κ1) is 13.7. The van der Waals surface area contributed by atoms with E-state index in [0.717, 1.165) is 5.56 Å². The maximum Gasteiger partial charge on any atom is 0.347 e. The normalized spacial score (nSPS) is 10.3. The Kier molecular flexibility index (Phi) is 3.76. The number of hydrogen-bond acceptors (Lipinski definition) is 6. The average Bonchev–Trinajstić information content (AvgIpc) is 2.42. The number of aromatic nitrogens is 2. The van der Waals surface area contributed by atoms with E-state index in [9.17, 15) is 14.9 Å². The van der Waals surface area contributed by atoms with Crippen LogP contribution in [0, 0.1) is 17.0 Å². The summed E-state index contributed by atoms with van der Waals surface area (Å²) in [6.45, 7) is 2.09. The van der Waals surface area contributed by atoms with E-state index < -0.39 is 4.92 Å². The van der Waals surface area contributed by atoms with Gasteiger partial charge in [-0.25, -0.2) is 9.78 Å². The molecule has 8 nitrogen and oxygen atoms in total. The Hall–Kier alpha value is -2.74. The van der Waals surface area contributed by atoms with Crippen molar-refractivity contribution in [2.24, 2.45) is 5.84 Å². The van der Waals surface area contributed by atoms with E-state index in [0.29, 0.717) is 5.56 Å². The molecule has 3 N–H and O–H groups in total. The maximum absolute atomic E-state index is 11.6. The number of nitrogens with zero attached hydrogens (tertiary/aromatic N) is 3. The van der Waals surface area contributed by atoms with Gasteiger partial charge in [-0.1, -0.05) is 6.07 Å². The van der Waals surface area contributed by atoms with Crippen LogP contribution >= 0.6 is 0 Å². The molecule has 8 heteroatoms. The lowest BCUT2D eigenvalue weighted by Gasteiger charge is -2.08. The summed E-state index contributed by atoms with van der Waals surface area (Å²) in [6.07, 6.45) is 3.16. The highest BCUT2D eigenvalue weighted by molar-refractivity contribution is 5.62. The van der Waals surface area contributed by atoms with E-state index in [1.54, 1.807) is 12.3 Å². The standard InChI is InChI=1S/C12H13N5O3/c1-8-5-14-12(18)16(6-8)7-9-2-3-11(17(19)20)10(4-9)15-13/h2-6,15H,7,13H2,1H3. The summed E-state index contributed by atoms with van der Waals surface area (Å²) >= 11 is 0. The molecular formula is C12H13N5O3. The number of nitro benzene ring substituents is 1. The molecule has 20 heavy (non-hydrogen) atoms. The Balaban J connectivity index is 2.37. The first-order valence-electron chi connectivity index (χ1n) is 5.78. The summed E-state index contributed by atoms with van der Waals surface area (Å²) in [5.74, 6) is 5.27. The molecule has 0 radical (unpaired) electrons. The van der Waals surface area contributed by atoms with Crippen LogP contribution in [0.2, 0.25) is 0 Å². The monoisotopic (exact) mass is 275 g/mol. The molecule has 0 spiro atoms. The molecule has 2 rings (SSSR count). The van der Waals surface area contributed by atoms with Gasteiger partial charge >= 0.3 is 5.69 Å². The summed E-state index contributed by atoms with van der Waals surface area (Å²) in [5, 5.41) is 10.8. The van der Waals surface area contributed by atoms with Gasteiger partial charge in [0.25, 0.3) is 5.69 Å². The lowest BCUT2D eigenvalue weighted by molar-refractivity contribution is -0.384. The topological polar surface area (TPSA) is 116 Å². The molecule has 0 amide bonds. The largest absolute Gasteiger partial charge is 0.347 e. The minimum Gasteiger partial charge on any atom is -0.318 e. The van der Waals surface area contributed by atoms with E-state index in [1.807, 2.05) is 6.92 Å². The van der Waals surface area contributed by atoms with E-state index in [-0.39, 0.29) is 23.6 Å². The molecule has 0 unspecified atom stereocenters. The Morgan fingerprint density at radius 3 is 2.90 bits per heavy atom. The first-order chi connectivity index (χ1) is 9.51. The predicted molar refractivity (Wildman–Crippen MR) is 73.2 cm³/mol. The van der Waals surface area contributed by atoms with Gasteiger partial charge in [0, 0.05) is 18.5 Å². The van der Waals surface area contributed by atoms with Crippen molar-refractivity contribution in [2.75, 3.05) is 5.43 Å². The van der Waals surface area contributed by atoms with Crippen molar-refractivity contribution in [3.05, 3.63) is 62.3 Å². The van der Waals surface area contributed by atoms with Crippen molar-refractivity contribution in [2.45, 2.75) is 13.5 Å². The SMILES string of the molecule is Cc1cnc(=O)n(Cc2ccc([N+](=O)[O-])c(NN)c2)c1. The summed E-state index contributed by atoms with van der Waals surface area (Å²) in [5.41, 5.74) is 3.54. The van der Waals surface area contributed by atoms with E-state index >= 15 is 0 Å². The fourth-order valence-electron chi connectivity index (χ4n) is 1.83. The third-order valence-electron chi connectivity index (χ3n) is 2.75. The molecule has 1 aromatic heterocycles. The van der Waals surface area contributed by atoms with Crippen molar-refractivity contribution in [3.8, 4) is 0 Å². The van der Waals surface area contributed by atoms with E-state index in [1.165, 1.54) is 22.9 Å². The second kappa shape index (κ2) is 5.49. The first-order valence-corrected chi connectivity index (χ1v) is 5.78. The predicted octanol–water partition coefficient (Wildman–Crippen LogP) is 0.794. The van der Waals surface area contributed by atoms with Crippen LogP contribution in [0.25, 0.3) is 0 Å². The number of rotatable bonds is 4. The highest BCUT2D eigenvalue weighted by Gasteiger charge is 2.13. The van der Waals surface area contributed by atoms with Crippen LogP contribution in [0.5, 0.6) is 0 Å². The van der Waals surface area contributed by atoms with Crippen LogP contribution in [-0.2, 0) is 6.54 Å². The fourth-order valence-corrected chi connectivity index (χ4v) is 1.83. The molecule has 0 saturated heterocycles. The Labute approximate surface area is 114 Å². The number of benzene rings is 1. The van der Waals surface area contributed by atoms with Crippen LogP contribution in [0.1, 0.15) is 11.1 Å². The molecule has 0 aliphatic heterocycles. The second-order valence-corrected chi connectivity index (χ2v) is 4.29. The van der Waals surface area contributed by atoms with Gasteiger partial charge in [0.1, 0.15) is 5.69 Å². The smallest absolute Gasteiger partial charge is 0.318 e.